The van der Waals surface area contributed by atoms with Crippen molar-refractivity contribution < 1.29 is 23.8 Å². The van der Waals surface area contributed by atoms with Crippen LogP contribution in [0.5, 0.6) is 0 Å². The average Bonchev–Trinajstić information content (AvgIpc) is 3.07. The molecule has 0 amide bonds. The van der Waals surface area contributed by atoms with Crippen LogP contribution in [0.15, 0.2) is 0 Å². The molecule has 2 saturated carbocycles. The van der Waals surface area contributed by atoms with Gasteiger partial charge in [0.15, 0.2) is 5.78 Å². The topological polar surface area (TPSA) is 61.8 Å². The van der Waals surface area contributed by atoms with Gasteiger partial charge in [0.1, 0.15) is 18.7 Å². The lowest BCUT2D eigenvalue weighted by molar-refractivity contribution is -0.137. The maximum absolute atomic E-state index is 12.7. The fraction of sp³-hybridized carbons (Fsp3) is 0.867. The molecule has 5 nitrogen and oxygen atoms in total. The van der Waals surface area contributed by atoms with Gasteiger partial charge < -0.3 is 14.2 Å². The van der Waals surface area contributed by atoms with Crippen molar-refractivity contribution in [2.45, 2.75) is 44.5 Å². The fourth-order valence-electron chi connectivity index (χ4n) is 4.98. The third kappa shape index (κ3) is 1.17. The van der Waals surface area contributed by atoms with E-state index in [-0.39, 0.29) is 47.6 Å². The number of carbonyl (C=O) groups is 2. The number of Topliss-reactive ketones (excluding diaryl/α,β-unsaturated/α-hetero) is 2. The number of hydrogen-bond acceptors (Lipinski definition) is 5. The predicted octanol–water partition coefficient (Wildman–Crippen LogP) is 0.947. The highest BCUT2D eigenvalue weighted by Gasteiger charge is 2.82. The molecule has 0 aromatic heterocycles. The van der Waals surface area contributed by atoms with E-state index in [1.54, 1.807) is 7.11 Å². The highest BCUT2D eigenvalue weighted by molar-refractivity contribution is 6.01. The summed E-state index contributed by atoms with van der Waals surface area (Å²) in [5.41, 5.74) is -0.972. The number of hydrogen-bond donors (Lipinski definition) is 0. The molecule has 2 saturated heterocycles. The molecule has 0 N–H and O–H groups in total. The molecule has 0 unspecified atom stereocenters. The Labute approximate surface area is 117 Å². The Kier molecular flexibility index (Phi) is 2.39. The zero-order chi connectivity index (χ0) is 14.3. The maximum Gasteiger partial charge on any atom is 0.171 e. The first-order valence-electron chi connectivity index (χ1n) is 7.34. The Morgan fingerprint density at radius 1 is 1.35 bits per heavy atom. The minimum Gasteiger partial charge on any atom is -0.362 e. The number of methoxy groups -OCH3 is 1. The average molecular weight is 280 g/mol. The van der Waals surface area contributed by atoms with E-state index in [0.717, 1.165) is 12.8 Å². The summed E-state index contributed by atoms with van der Waals surface area (Å²) in [6.07, 6.45) is 1.02. The van der Waals surface area contributed by atoms with Gasteiger partial charge in [-0.2, -0.15) is 0 Å². The van der Waals surface area contributed by atoms with Crippen molar-refractivity contribution in [2.24, 2.45) is 23.2 Å². The molecule has 0 radical (unpaired) electrons. The number of ketones is 2. The van der Waals surface area contributed by atoms with Crippen LogP contribution < -0.4 is 0 Å². The summed E-state index contributed by atoms with van der Waals surface area (Å²) in [6.45, 7) is 4.01. The summed E-state index contributed by atoms with van der Waals surface area (Å²) in [6, 6.07) is 0. The molecule has 0 aromatic rings. The van der Waals surface area contributed by atoms with Crippen molar-refractivity contribution in [2.75, 3.05) is 13.9 Å². The Balaban J connectivity index is 1.73. The molecule has 110 valence electrons. The molecule has 1 spiro atoms. The van der Waals surface area contributed by atoms with Gasteiger partial charge >= 0.3 is 0 Å². The molecule has 2 aliphatic heterocycles. The minimum atomic E-state index is -0.601. The van der Waals surface area contributed by atoms with E-state index in [4.69, 9.17) is 14.2 Å². The third-order valence-electron chi connectivity index (χ3n) is 6.14. The zero-order valence-corrected chi connectivity index (χ0v) is 12.0. The summed E-state index contributed by atoms with van der Waals surface area (Å²) in [5, 5.41) is 0. The van der Waals surface area contributed by atoms with Gasteiger partial charge in [-0.3, -0.25) is 9.59 Å². The normalized spacial score (nSPS) is 51.0. The van der Waals surface area contributed by atoms with E-state index >= 15 is 0 Å². The lowest BCUT2D eigenvalue weighted by Crippen LogP contribution is -2.50. The molecule has 2 aliphatic carbocycles. The summed E-state index contributed by atoms with van der Waals surface area (Å²) < 4.78 is 16.7. The minimum absolute atomic E-state index is 0.128. The van der Waals surface area contributed by atoms with E-state index in [2.05, 4.69) is 0 Å². The summed E-state index contributed by atoms with van der Waals surface area (Å²) in [7, 11) is 1.56. The highest BCUT2D eigenvalue weighted by Crippen LogP contribution is 2.72. The second-order valence-corrected chi connectivity index (χ2v) is 6.88. The molecule has 20 heavy (non-hydrogen) atoms. The molecule has 5 heteroatoms. The van der Waals surface area contributed by atoms with Gasteiger partial charge in [0.25, 0.3) is 0 Å². The smallest absolute Gasteiger partial charge is 0.171 e. The second-order valence-electron chi connectivity index (χ2n) is 6.88. The van der Waals surface area contributed by atoms with E-state index in [0.29, 0.717) is 0 Å². The number of ether oxygens (including phenoxy) is 3. The van der Waals surface area contributed by atoms with Crippen molar-refractivity contribution in [3.8, 4) is 0 Å². The molecule has 6 atom stereocenters. The second kappa shape index (κ2) is 3.70. The lowest BCUT2D eigenvalue weighted by Gasteiger charge is -2.35. The standard InChI is InChI=1S/C15H20O5/c1-7-10(16)9-8(11(7)19-6-18-3)12-13(17)15(4-5-15)14(9,2)20-12/h7-9,11-12H,4-6H2,1-3H3/t7-,8+,9-,11+,12-,14+/m1/s1. The monoisotopic (exact) mass is 280 g/mol. The molecule has 4 fully saturated rings. The van der Waals surface area contributed by atoms with E-state index in [1.165, 1.54) is 0 Å². The van der Waals surface area contributed by atoms with Crippen LogP contribution in [-0.2, 0) is 23.8 Å². The molecular weight excluding hydrogens is 260 g/mol. The van der Waals surface area contributed by atoms with E-state index in [9.17, 15) is 9.59 Å². The summed E-state index contributed by atoms with van der Waals surface area (Å²) in [4.78, 5) is 25.3. The van der Waals surface area contributed by atoms with Crippen molar-refractivity contribution in [1.82, 2.24) is 0 Å². The first-order valence-corrected chi connectivity index (χ1v) is 7.34. The van der Waals surface area contributed by atoms with Crippen LogP contribution in [0.4, 0.5) is 0 Å². The van der Waals surface area contributed by atoms with Crippen molar-refractivity contribution >= 4 is 11.6 Å². The quantitative estimate of drug-likeness (QED) is 0.720. The third-order valence-corrected chi connectivity index (χ3v) is 6.14. The van der Waals surface area contributed by atoms with Crippen molar-refractivity contribution in [3.05, 3.63) is 0 Å². The molecule has 0 aromatic carbocycles. The Bertz CT molecular complexity index is 496. The van der Waals surface area contributed by atoms with Gasteiger partial charge in [-0.15, -0.1) is 0 Å². The summed E-state index contributed by atoms with van der Waals surface area (Å²) in [5.74, 6) is -0.109. The van der Waals surface area contributed by atoms with Gasteiger partial charge in [0, 0.05) is 18.9 Å². The first kappa shape index (κ1) is 12.9. The zero-order valence-electron chi connectivity index (χ0n) is 12.0. The van der Waals surface area contributed by atoms with Crippen LogP contribution in [0.1, 0.15) is 26.7 Å². The van der Waals surface area contributed by atoms with Crippen LogP contribution in [0, 0.1) is 23.2 Å². The van der Waals surface area contributed by atoms with Gasteiger partial charge in [-0.25, -0.2) is 0 Å². The number of carbonyl (C=O) groups excluding carboxylic acids is 2. The molecule has 2 heterocycles. The van der Waals surface area contributed by atoms with E-state index in [1.807, 2.05) is 13.8 Å². The van der Waals surface area contributed by atoms with Crippen LogP contribution in [0.2, 0.25) is 0 Å². The maximum atomic E-state index is 12.7. The largest absolute Gasteiger partial charge is 0.362 e. The Morgan fingerprint density at radius 2 is 2.05 bits per heavy atom. The molecule has 2 bridgehead atoms. The Morgan fingerprint density at radius 3 is 2.65 bits per heavy atom. The van der Waals surface area contributed by atoms with Gasteiger partial charge in [0.2, 0.25) is 0 Å². The Hall–Kier alpha value is -0.780. The molecular formula is C15H20O5. The fourth-order valence-corrected chi connectivity index (χ4v) is 4.98. The number of rotatable bonds is 3. The van der Waals surface area contributed by atoms with Crippen LogP contribution in [-0.4, -0.2) is 43.3 Å². The highest BCUT2D eigenvalue weighted by atomic mass is 16.7. The van der Waals surface area contributed by atoms with Crippen LogP contribution in [0.3, 0.4) is 0 Å². The van der Waals surface area contributed by atoms with Crippen molar-refractivity contribution in [3.63, 3.8) is 0 Å². The lowest BCUT2D eigenvalue weighted by atomic mass is 9.65. The first-order chi connectivity index (χ1) is 9.48. The van der Waals surface area contributed by atoms with Gasteiger partial charge in [0.05, 0.1) is 23.0 Å². The van der Waals surface area contributed by atoms with Gasteiger partial charge in [-0.05, 0) is 19.8 Å². The van der Waals surface area contributed by atoms with Crippen LogP contribution >= 0.6 is 0 Å². The molecule has 4 rings (SSSR count). The molecule has 4 aliphatic rings. The van der Waals surface area contributed by atoms with E-state index < -0.39 is 11.7 Å². The van der Waals surface area contributed by atoms with Gasteiger partial charge in [-0.1, -0.05) is 6.92 Å². The SMILES string of the molecule is COCO[C@@H]1[C@H]2[C@H]3O[C@@](C)([C@H]2C(=O)[C@H]1C)C1(CC1)C3=O. The summed E-state index contributed by atoms with van der Waals surface area (Å²) >= 11 is 0. The van der Waals surface area contributed by atoms with Crippen LogP contribution in [0.25, 0.3) is 0 Å². The number of fused-ring (bicyclic) bond motifs is 6. The van der Waals surface area contributed by atoms with Crippen molar-refractivity contribution in [1.29, 1.82) is 0 Å². The predicted molar refractivity (Wildman–Crippen MR) is 67.9 cm³/mol.